The monoisotopic (exact) mass is 263 g/mol. The van der Waals surface area contributed by atoms with E-state index in [1.165, 1.54) is 0 Å². The van der Waals surface area contributed by atoms with Crippen molar-refractivity contribution in [3.05, 3.63) is 24.0 Å². The van der Waals surface area contributed by atoms with Gasteiger partial charge < -0.3 is 15.0 Å². The number of amides is 1. The molecule has 0 aromatic carbocycles. The molecule has 5 heteroatoms. The van der Waals surface area contributed by atoms with E-state index >= 15 is 0 Å². The summed E-state index contributed by atoms with van der Waals surface area (Å²) >= 11 is 0. The third-order valence-electron chi connectivity index (χ3n) is 3.40. The van der Waals surface area contributed by atoms with Gasteiger partial charge in [0.1, 0.15) is 5.69 Å². The average molecular weight is 263 g/mol. The van der Waals surface area contributed by atoms with Gasteiger partial charge in [-0.3, -0.25) is 4.79 Å². The van der Waals surface area contributed by atoms with Crippen LogP contribution < -0.4 is 5.32 Å². The third kappa shape index (κ3) is 3.67. The largest absolute Gasteiger partial charge is 0.387 e. The molecule has 1 saturated heterocycles. The van der Waals surface area contributed by atoms with Gasteiger partial charge in [0.2, 0.25) is 0 Å². The smallest absolute Gasteiger partial charge is 0.272 e. The highest BCUT2D eigenvalue weighted by Gasteiger charge is 2.20. The molecule has 104 valence electrons. The first-order valence-electron chi connectivity index (χ1n) is 6.67. The molecule has 1 fully saturated rings. The molecule has 1 aliphatic rings. The van der Waals surface area contributed by atoms with Crippen molar-refractivity contribution >= 4 is 11.6 Å². The second-order valence-corrected chi connectivity index (χ2v) is 4.95. The van der Waals surface area contributed by atoms with Crippen molar-refractivity contribution in [3.63, 3.8) is 0 Å². The Labute approximate surface area is 114 Å². The van der Waals surface area contributed by atoms with Crippen LogP contribution in [0.3, 0.4) is 0 Å². The van der Waals surface area contributed by atoms with Gasteiger partial charge in [-0.25, -0.2) is 4.98 Å². The maximum atomic E-state index is 12.2. The molecule has 0 aliphatic carbocycles. The Morgan fingerprint density at radius 1 is 1.58 bits per heavy atom. The lowest BCUT2D eigenvalue weighted by Crippen LogP contribution is -2.35. The number of nitrogens with zero attached hydrogens (tertiary/aromatic N) is 2. The first-order valence-corrected chi connectivity index (χ1v) is 6.67. The van der Waals surface area contributed by atoms with Gasteiger partial charge in [-0.15, -0.1) is 0 Å². The molecule has 0 bridgehead atoms. The van der Waals surface area contributed by atoms with E-state index in [1.807, 2.05) is 20.2 Å². The van der Waals surface area contributed by atoms with Crippen LogP contribution in [0.4, 0.5) is 5.69 Å². The van der Waals surface area contributed by atoms with Crippen molar-refractivity contribution in [1.82, 2.24) is 9.88 Å². The zero-order chi connectivity index (χ0) is 13.7. The lowest BCUT2D eigenvalue weighted by molar-refractivity contribution is 0.0387. The fraction of sp³-hybridized carbons (Fsp3) is 0.571. The molecular formula is C14H21N3O2. The number of aromatic nitrogens is 1. The molecule has 1 atom stereocenters. The van der Waals surface area contributed by atoms with Crippen LogP contribution in [0, 0.1) is 5.92 Å². The normalized spacial score (nSPS) is 18.9. The summed E-state index contributed by atoms with van der Waals surface area (Å²) in [6, 6.07) is 3.61. The van der Waals surface area contributed by atoms with Crippen molar-refractivity contribution in [2.24, 2.45) is 5.92 Å². The molecule has 1 amide bonds. The van der Waals surface area contributed by atoms with Crippen molar-refractivity contribution in [2.45, 2.75) is 12.8 Å². The molecule has 1 aliphatic heterocycles. The topological polar surface area (TPSA) is 54.5 Å². The van der Waals surface area contributed by atoms with Gasteiger partial charge in [0, 0.05) is 27.2 Å². The minimum absolute atomic E-state index is 0.0340. The van der Waals surface area contributed by atoms with Crippen LogP contribution in [-0.2, 0) is 4.74 Å². The Morgan fingerprint density at radius 2 is 2.42 bits per heavy atom. The number of carbonyl (C=O) groups is 1. The molecule has 0 saturated carbocycles. The summed E-state index contributed by atoms with van der Waals surface area (Å²) < 4.78 is 5.44. The van der Waals surface area contributed by atoms with Crippen LogP contribution in [0.1, 0.15) is 23.3 Å². The number of pyridine rings is 1. The summed E-state index contributed by atoms with van der Waals surface area (Å²) in [4.78, 5) is 18.1. The minimum atomic E-state index is -0.0340. The molecule has 1 N–H and O–H groups in total. The van der Waals surface area contributed by atoms with Crippen LogP contribution in [-0.4, -0.2) is 49.6 Å². The predicted molar refractivity (Wildman–Crippen MR) is 74.3 cm³/mol. The van der Waals surface area contributed by atoms with E-state index in [2.05, 4.69) is 10.3 Å². The number of nitrogens with one attached hydrogen (secondary N) is 1. The summed E-state index contributed by atoms with van der Waals surface area (Å²) in [5.74, 6) is 0.410. The lowest BCUT2D eigenvalue weighted by atomic mass is 10.0. The zero-order valence-corrected chi connectivity index (χ0v) is 11.6. The molecule has 1 aromatic rings. The number of ether oxygens (including phenoxy) is 1. The molecule has 1 aromatic heterocycles. The molecule has 0 radical (unpaired) electrons. The van der Waals surface area contributed by atoms with Gasteiger partial charge in [0.05, 0.1) is 18.5 Å². The highest BCUT2D eigenvalue weighted by atomic mass is 16.5. The summed E-state index contributed by atoms with van der Waals surface area (Å²) in [7, 11) is 3.65. The fourth-order valence-electron chi connectivity index (χ4n) is 2.29. The van der Waals surface area contributed by atoms with Crippen LogP contribution in [0.15, 0.2) is 18.3 Å². The maximum absolute atomic E-state index is 12.2. The standard InChI is InChI=1S/C14H21N3O2/c1-15-12-5-6-13(16-8-12)14(18)17(2)9-11-4-3-7-19-10-11/h5-6,8,11,15H,3-4,7,9-10H2,1-2H3. The molecule has 19 heavy (non-hydrogen) atoms. The molecule has 5 nitrogen and oxygen atoms in total. The summed E-state index contributed by atoms with van der Waals surface area (Å²) in [5, 5.41) is 2.98. The average Bonchev–Trinajstić information content (AvgIpc) is 2.47. The second kappa shape index (κ2) is 6.52. The van der Waals surface area contributed by atoms with Crippen molar-refractivity contribution in [2.75, 3.05) is 39.2 Å². The number of anilines is 1. The quantitative estimate of drug-likeness (QED) is 0.897. The number of rotatable bonds is 4. The van der Waals surface area contributed by atoms with E-state index in [4.69, 9.17) is 4.74 Å². The highest BCUT2D eigenvalue weighted by molar-refractivity contribution is 5.92. The van der Waals surface area contributed by atoms with Gasteiger partial charge in [0.15, 0.2) is 0 Å². The Hall–Kier alpha value is -1.62. The van der Waals surface area contributed by atoms with E-state index in [1.54, 1.807) is 17.2 Å². The Kier molecular flexibility index (Phi) is 4.74. The molecule has 1 unspecified atom stereocenters. The Morgan fingerprint density at radius 3 is 3.00 bits per heavy atom. The highest BCUT2D eigenvalue weighted by Crippen LogP contribution is 2.15. The first kappa shape index (κ1) is 13.8. The summed E-state index contributed by atoms with van der Waals surface area (Å²) in [5.41, 5.74) is 1.39. The molecule has 0 spiro atoms. The predicted octanol–water partition coefficient (Wildman–Crippen LogP) is 1.62. The van der Waals surface area contributed by atoms with E-state index in [-0.39, 0.29) is 5.91 Å². The van der Waals surface area contributed by atoms with Gasteiger partial charge in [-0.05, 0) is 30.9 Å². The SMILES string of the molecule is CNc1ccc(C(=O)N(C)CC2CCCOC2)nc1. The van der Waals surface area contributed by atoms with Crippen LogP contribution >= 0.6 is 0 Å². The molecule has 2 heterocycles. The first-order chi connectivity index (χ1) is 9.20. The van der Waals surface area contributed by atoms with Crippen LogP contribution in [0.2, 0.25) is 0 Å². The molecular weight excluding hydrogens is 242 g/mol. The second-order valence-electron chi connectivity index (χ2n) is 4.95. The van der Waals surface area contributed by atoms with Gasteiger partial charge >= 0.3 is 0 Å². The van der Waals surface area contributed by atoms with Crippen molar-refractivity contribution in [1.29, 1.82) is 0 Å². The van der Waals surface area contributed by atoms with E-state index < -0.39 is 0 Å². The number of carbonyl (C=O) groups excluding carboxylic acids is 1. The lowest BCUT2D eigenvalue weighted by Gasteiger charge is -2.27. The van der Waals surface area contributed by atoms with Gasteiger partial charge in [0.25, 0.3) is 5.91 Å². The number of hydrogen-bond donors (Lipinski definition) is 1. The Bertz CT molecular complexity index is 413. The van der Waals surface area contributed by atoms with Gasteiger partial charge in [-0.1, -0.05) is 0 Å². The van der Waals surface area contributed by atoms with Crippen LogP contribution in [0.5, 0.6) is 0 Å². The third-order valence-corrected chi connectivity index (χ3v) is 3.40. The summed E-state index contributed by atoms with van der Waals surface area (Å²) in [6.45, 7) is 2.33. The van der Waals surface area contributed by atoms with E-state index in [0.717, 1.165) is 38.3 Å². The summed E-state index contributed by atoms with van der Waals surface area (Å²) in [6.07, 6.45) is 3.89. The van der Waals surface area contributed by atoms with Crippen molar-refractivity contribution < 1.29 is 9.53 Å². The zero-order valence-electron chi connectivity index (χ0n) is 11.6. The maximum Gasteiger partial charge on any atom is 0.272 e. The van der Waals surface area contributed by atoms with Gasteiger partial charge in [-0.2, -0.15) is 0 Å². The fourth-order valence-corrected chi connectivity index (χ4v) is 2.29. The van der Waals surface area contributed by atoms with E-state index in [0.29, 0.717) is 11.6 Å². The number of hydrogen-bond acceptors (Lipinski definition) is 4. The van der Waals surface area contributed by atoms with Crippen molar-refractivity contribution in [3.8, 4) is 0 Å². The van der Waals surface area contributed by atoms with Crippen LogP contribution in [0.25, 0.3) is 0 Å². The van der Waals surface area contributed by atoms with E-state index in [9.17, 15) is 4.79 Å². The minimum Gasteiger partial charge on any atom is -0.387 e. The molecule has 2 rings (SSSR count). The Balaban J connectivity index is 1.93.